The number of anilines is 1. The van der Waals surface area contributed by atoms with Crippen molar-refractivity contribution in [2.24, 2.45) is 0 Å². The van der Waals surface area contributed by atoms with Gasteiger partial charge in [0, 0.05) is 49.0 Å². The zero-order valence-corrected chi connectivity index (χ0v) is 13.4. The van der Waals surface area contributed by atoms with Crippen molar-refractivity contribution in [1.82, 2.24) is 9.88 Å². The van der Waals surface area contributed by atoms with E-state index in [1.54, 1.807) is 0 Å². The van der Waals surface area contributed by atoms with Crippen LogP contribution in [0.5, 0.6) is 0 Å². The van der Waals surface area contributed by atoms with Crippen molar-refractivity contribution < 1.29 is 0 Å². The SMILES string of the molecule is Cc1cccc(N2CCN(Cc3sc(=O)[nH]c3C)CC2)c1. The monoisotopic (exact) mass is 303 g/mol. The van der Waals surface area contributed by atoms with E-state index in [0.29, 0.717) is 0 Å². The number of piperazine rings is 1. The van der Waals surface area contributed by atoms with Crippen molar-refractivity contribution in [3.05, 3.63) is 50.1 Å². The fourth-order valence-corrected chi connectivity index (χ4v) is 3.66. The maximum atomic E-state index is 11.4. The van der Waals surface area contributed by atoms with Crippen molar-refractivity contribution in [1.29, 1.82) is 0 Å². The zero-order chi connectivity index (χ0) is 14.8. The molecular formula is C16H21N3OS. The normalized spacial score (nSPS) is 16.4. The van der Waals surface area contributed by atoms with Gasteiger partial charge in [-0.2, -0.15) is 0 Å². The van der Waals surface area contributed by atoms with Gasteiger partial charge in [0.1, 0.15) is 0 Å². The number of aromatic nitrogens is 1. The minimum atomic E-state index is 0.0564. The van der Waals surface area contributed by atoms with Gasteiger partial charge >= 0.3 is 4.87 Å². The lowest BCUT2D eigenvalue weighted by atomic mass is 10.2. The lowest BCUT2D eigenvalue weighted by Gasteiger charge is -2.36. The van der Waals surface area contributed by atoms with Crippen LogP contribution in [0.3, 0.4) is 0 Å². The largest absolute Gasteiger partial charge is 0.369 e. The molecule has 1 saturated heterocycles. The average molecular weight is 303 g/mol. The Morgan fingerprint density at radius 1 is 1.19 bits per heavy atom. The Morgan fingerprint density at radius 2 is 1.95 bits per heavy atom. The summed E-state index contributed by atoms with van der Waals surface area (Å²) in [6.45, 7) is 9.17. The average Bonchev–Trinajstić information content (AvgIpc) is 2.78. The van der Waals surface area contributed by atoms with Crippen molar-refractivity contribution in [3.63, 3.8) is 0 Å². The molecule has 21 heavy (non-hydrogen) atoms. The third-order valence-electron chi connectivity index (χ3n) is 4.03. The Bertz CT molecular complexity index is 668. The van der Waals surface area contributed by atoms with Gasteiger partial charge < -0.3 is 9.88 Å². The number of hydrogen-bond donors (Lipinski definition) is 1. The van der Waals surface area contributed by atoms with Crippen LogP contribution in [0.4, 0.5) is 5.69 Å². The Balaban J connectivity index is 1.60. The van der Waals surface area contributed by atoms with Crippen LogP contribution in [0.15, 0.2) is 29.1 Å². The molecule has 0 spiro atoms. The molecule has 1 aromatic heterocycles. The van der Waals surface area contributed by atoms with Crippen molar-refractivity contribution in [3.8, 4) is 0 Å². The summed E-state index contributed by atoms with van der Waals surface area (Å²) in [6, 6.07) is 8.69. The first-order chi connectivity index (χ1) is 10.1. The number of H-pyrrole nitrogens is 1. The van der Waals surface area contributed by atoms with E-state index in [-0.39, 0.29) is 4.87 Å². The minimum absolute atomic E-state index is 0.0564. The molecule has 2 heterocycles. The molecular weight excluding hydrogens is 282 g/mol. The molecule has 112 valence electrons. The molecule has 0 bridgehead atoms. The van der Waals surface area contributed by atoms with Gasteiger partial charge in [0.15, 0.2) is 0 Å². The first-order valence-corrected chi connectivity index (χ1v) is 8.16. The highest BCUT2D eigenvalue weighted by Crippen LogP contribution is 2.19. The number of aromatic amines is 1. The summed E-state index contributed by atoms with van der Waals surface area (Å²) in [6.07, 6.45) is 0. The van der Waals surface area contributed by atoms with E-state index in [9.17, 15) is 4.79 Å². The van der Waals surface area contributed by atoms with Crippen LogP contribution in [0.25, 0.3) is 0 Å². The van der Waals surface area contributed by atoms with Gasteiger partial charge in [-0.1, -0.05) is 23.5 Å². The van der Waals surface area contributed by atoms with Gasteiger partial charge in [-0.3, -0.25) is 9.69 Å². The quantitative estimate of drug-likeness (QED) is 0.946. The Kier molecular flexibility index (Phi) is 4.12. The van der Waals surface area contributed by atoms with Crippen molar-refractivity contribution in [2.45, 2.75) is 20.4 Å². The molecule has 0 unspecified atom stereocenters. The fraction of sp³-hybridized carbons (Fsp3) is 0.438. The van der Waals surface area contributed by atoms with Crippen LogP contribution in [-0.4, -0.2) is 36.1 Å². The second kappa shape index (κ2) is 6.03. The maximum Gasteiger partial charge on any atom is 0.304 e. The van der Waals surface area contributed by atoms with Gasteiger partial charge in [-0.25, -0.2) is 0 Å². The summed E-state index contributed by atoms with van der Waals surface area (Å²) in [5, 5.41) is 0. The summed E-state index contributed by atoms with van der Waals surface area (Å²) >= 11 is 1.34. The van der Waals surface area contributed by atoms with E-state index in [1.165, 1.54) is 27.5 Å². The summed E-state index contributed by atoms with van der Waals surface area (Å²) in [7, 11) is 0. The smallest absolute Gasteiger partial charge is 0.304 e. The Labute approximate surface area is 129 Å². The fourth-order valence-electron chi connectivity index (χ4n) is 2.78. The third kappa shape index (κ3) is 3.36. The molecule has 3 rings (SSSR count). The Hall–Kier alpha value is -1.59. The molecule has 1 N–H and O–H groups in total. The molecule has 1 aliphatic heterocycles. The van der Waals surface area contributed by atoms with E-state index in [1.807, 2.05) is 6.92 Å². The van der Waals surface area contributed by atoms with Crippen LogP contribution in [0.2, 0.25) is 0 Å². The molecule has 1 aromatic carbocycles. The van der Waals surface area contributed by atoms with E-state index in [0.717, 1.165) is 38.4 Å². The van der Waals surface area contributed by atoms with Crippen molar-refractivity contribution >= 4 is 17.0 Å². The third-order valence-corrected chi connectivity index (χ3v) is 5.00. The number of hydrogen-bond acceptors (Lipinski definition) is 4. The molecule has 0 aliphatic carbocycles. The number of thiazole rings is 1. The predicted molar refractivity (Wildman–Crippen MR) is 88.3 cm³/mol. The van der Waals surface area contributed by atoms with Crippen LogP contribution < -0.4 is 9.77 Å². The van der Waals surface area contributed by atoms with Crippen LogP contribution in [0.1, 0.15) is 16.1 Å². The van der Waals surface area contributed by atoms with Crippen LogP contribution in [-0.2, 0) is 6.54 Å². The molecule has 4 nitrogen and oxygen atoms in total. The van der Waals surface area contributed by atoms with Gasteiger partial charge in [0.05, 0.1) is 0 Å². The molecule has 0 saturated carbocycles. The second-order valence-corrected chi connectivity index (χ2v) is 6.73. The van der Waals surface area contributed by atoms with E-state index >= 15 is 0 Å². The number of nitrogens with one attached hydrogen (secondary N) is 1. The standard InChI is InChI=1S/C16H21N3OS/c1-12-4-3-5-14(10-12)19-8-6-18(7-9-19)11-15-13(2)17-16(20)21-15/h3-5,10H,6-9,11H2,1-2H3,(H,17,20). The molecule has 0 radical (unpaired) electrons. The molecule has 0 atom stereocenters. The number of nitrogens with zero attached hydrogens (tertiary/aromatic N) is 2. The Morgan fingerprint density at radius 3 is 2.57 bits per heavy atom. The van der Waals surface area contributed by atoms with Crippen LogP contribution >= 0.6 is 11.3 Å². The molecule has 0 amide bonds. The number of rotatable bonds is 3. The number of aryl methyl sites for hydroxylation is 2. The van der Waals surface area contributed by atoms with Gasteiger partial charge in [0.2, 0.25) is 0 Å². The molecule has 2 aromatic rings. The highest BCUT2D eigenvalue weighted by molar-refractivity contribution is 7.09. The maximum absolute atomic E-state index is 11.4. The number of benzene rings is 1. The summed E-state index contributed by atoms with van der Waals surface area (Å²) < 4.78 is 0. The van der Waals surface area contributed by atoms with E-state index < -0.39 is 0 Å². The zero-order valence-electron chi connectivity index (χ0n) is 12.6. The summed E-state index contributed by atoms with van der Waals surface area (Å²) in [4.78, 5) is 20.3. The van der Waals surface area contributed by atoms with Gasteiger partial charge in [-0.15, -0.1) is 0 Å². The van der Waals surface area contributed by atoms with Crippen LogP contribution in [0, 0.1) is 13.8 Å². The lowest BCUT2D eigenvalue weighted by molar-refractivity contribution is 0.251. The first kappa shape index (κ1) is 14.4. The first-order valence-electron chi connectivity index (χ1n) is 7.34. The molecule has 1 fully saturated rings. The summed E-state index contributed by atoms with van der Waals surface area (Å²) in [5.74, 6) is 0. The van der Waals surface area contributed by atoms with E-state index in [4.69, 9.17) is 0 Å². The topological polar surface area (TPSA) is 39.3 Å². The summed E-state index contributed by atoms with van der Waals surface area (Å²) in [5.41, 5.74) is 3.64. The van der Waals surface area contributed by atoms with E-state index in [2.05, 4.69) is 46.0 Å². The van der Waals surface area contributed by atoms with Crippen molar-refractivity contribution in [2.75, 3.05) is 31.1 Å². The highest BCUT2D eigenvalue weighted by Gasteiger charge is 2.18. The van der Waals surface area contributed by atoms with Gasteiger partial charge in [0.25, 0.3) is 0 Å². The minimum Gasteiger partial charge on any atom is -0.369 e. The highest BCUT2D eigenvalue weighted by atomic mass is 32.1. The predicted octanol–water partition coefficient (Wildman–Crippen LogP) is 2.38. The lowest BCUT2D eigenvalue weighted by Crippen LogP contribution is -2.45. The second-order valence-electron chi connectivity index (χ2n) is 5.66. The molecule has 1 aliphatic rings. The molecule has 5 heteroatoms. The van der Waals surface area contributed by atoms with Gasteiger partial charge in [-0.05, 0) is 31.5 Å².